The summed E-state index contributed by atoms with van der Waals surface area (Å²) < 4.78 is 4.87. The summed E-state index contributed by atoms with van der Waals surface area (Å²) in [6.07, 6.45) is 13.5. The summed E-state index contributed by atoms with van der Waals surface area (Å²) in [4.78, 5) is 10.6. The van der Waals surface area contributed by atoms with E-state index in [-0.39, 0.29) is 5.97 Å². The molecule has 0 spiro atoms. The highest BCUT2D eigenvalue weighted by Crippen LogP contribution is 2.11. The van der Waals surface area contributed by atoms with Crippen LogP contribution in [0.25, 0.3) is 0 Å². The normalized spacial score (nSPS) is 12.4. The molecule has 108 valence electrons. The molecular formula is C15H31NO2. The lowest BCUT2D eigenvalue weighted by Gasteiger charge is -2.10. The number of hydrogen-bond donors (Lipinski definition) is 1. The summed E-state index contributed by atoms with van der Waals surface area (Å²) in [6.45, 7) is 3.65. The molecule has 0 radical (unpaired) electrons. The number of carbonyl (C=O) groups excluding carboxylic acids is 1. The number of hydrogen-bond acceptors (Lipinski definition) is 3. The molecule has 0 aromatic heterocycles. The van der Waals surface area contributed by atoms with Gasteiger partial charge in [0, 0.05) is 6.92 Å². The molecule has 3 nitrogen and oxygen atoms in total. The summed E-state index contributed by atoms with van der Waals surface area (Å²) in [5.41, 5.74) is 5.64. The first-order valence-electron chi connectivity index (χ1n) is 7.59. The maximum Gasteiger partial charge on any atom is 0.304 e. The van der Waals surface area contributed by atoms with Gasteiger partial charge in [0.1, 0.15) is 0 Å². The monoisotopic (exact) mass is 257 g/mol. The molecule has 18 heavy (non-hydrogen) atoms. The highest BCUT2D eigenvalue weighted by molar-refractivity contribution is 5.66. The van der Waals surface area contributed by atoms with Crippen molar-refractivity contribution >= 4 is 5.97 Å². The average Bonchev–Trinajstić information content (AvgIpc) is 2.30. The Morgan fingerprint density at radius 3 is 1.83 bits per heavy atom. The van der Waals surface area contributed by atoms with E-state index in [4.69, 9.17) is 10.5 Å². The van der Waals surface area contributed by atoms with Gasteiger partial charge in [-0.3, -0.25) is 10.5 Å². The average molecular weight is 257 g/mol. The Hall–Kier alpha value is -0.570. The van der Waals surface area contributed by atoms with Gasteiger partial charge in [-0.05, 0) is 12.8 Å². The van der Waals surface area contributed by atoms with Crippen molar-refractivity contribution in [3.8, 4) is 0 Å². The van der Waals surface area contributed by atoms with Crippen LogP contribution in [0.1, 0.15) is 84.5 Å². The molecule has 0 amide bonds. The Morgan fingerprint density at radius 2 is 1.39 bits per heavy atom. The predicted octanol–water partition coefficient (Wildman–Crippen LogP) is 4.15. The molecule has 0 aliphatic rings. The lowest BCUT2D eigenvalue weighted by molar-refractivity contribution is -0.146. The maximum absolute atomic E-state index is 10.6. The van der Waals surface area contributed by atoms with E-state index in [1.54, 1.807) is 0 Å². The summed E-state index contributed by atoms with van der Waals surface area (Å²) in [7, 11) is 0. The third kappa shape index (κ3) is 13.5. The molecule has 0 aliphatic heterocycles. The Labute approximate surface area is 112 Å². The third-order valence-electron chi connectivity index (χ3n) is 3.16. The van der Waals surface area contributed by atoms with E-state index in [1.165, 1.54) is 64.7 Å². The Kier molecular flexibility index (Phi) is 12.5. The van der Waals surface area contributed by atoms with E-state index in [9.17, 15) is 4.79 Å². The SMILES string of the molecule is CCCCCCCCCCCCC(N)OC(C)=O. The molecule has 0 aromatic carbocycles. The van der Waals surface area contributed by atoms with E-state index in [0.717, 1.165) is 12.8 Å². The summed E-state index contributed by atoms with van der Waals surface area (Å²) in [6, 6.07) is 0. The van der Waals surface area contributed by atoms with Gasteiger partial charge in [0.05, 0.1) is 0 Å². The van der Waals surface area contributed by atoms with Crippen LogP contribution in [0.15, 0.2) is 0 Å². The number of unbranched alkanes of at least 4 members (excludes halogenated alkanes) is 9. The summed E-state index contributed by atoms with van der Waals surface area (Å²) >= 11 is 0. The maximum atomic E-state index is 10.6. The molecule has 0 fully saturated rings. The molecule has 2 N–H and O–H groups in total. The van der Waals surface area contributed by atoms with Crippen LogP contribution in [0.3, 0.4) is 0 Å². The van der Waals surface area contributed by atoms with E-state index in [2.05, 4.69) is 6.92 Å². The van der Waals surface area contributed by atoms with Crippen molar-refractivity contribution in [2.24, 2.45) is 5.73 Å². The van der Waals surface area contributed by atoms with E-state index in [1.807, 2.05) is 0 Å². The van der Waals surface area contributed by atoms with Crippen LogP contribution in [0.5, 0.6) is 0 Å². The molecular weight excluding hydrogens is 226 g/mol. The zero-order chi connectivity index (χ0) is 13.6. The Balaban J connectivity index is 3.09. The van der Waals surface area contributed by atoms with Crippen molar-refractivity contribution in [1.82, 2.24) is 0 Å². The van der Waals surface area contributed by atoms with Crippen LogP contribution in [-0.4, -0.2) is 12.2 Å². The van der Waals surface area contributed by atoms with Crippen LogP contribution in [0, 0.1) is 0 Å². The van der Waals surface area contributed by atoms with Gasteiger partial charge in [-0.25, -0.2) is 0 Å². The smallest absolute Gasteiger partial charge is 0.304 e. The van der Waals surface area contributed by atoms with Gasteiger partial charge in [0.25, 0.3) is 0 Å². The van der Waals surface area contributed by atoms with Crippen LogP contribution in [0.2, 0.25) is 0 Å². The molecule has 0 rings (SSSR count). The molecule has 0 saturated heterocycles. The quantitative estimate of drug-likeness (QED) is 0.325. The number of ether oxygens (including phenoxy) is 1. The van der Waals surface area contributed by atoms with Gasteiger partial charge in [0.15, 0.2) is 6.23 Å². The molecule has 0 aromatic rings. The Bertz CT molecular complexity index is 195. The number of rotatable bonds is 12. The van der Waals surface area contributed by atoms with E-state index >= 15 is 0 Å². The Morgan fingerprint density at radius 1 is 0.944 bits per heavy atom. The molecule has 0 bridgehead atoms. The summed E-state index contributed by atoms with van der Waals surface area (Å²) in [5.74, 6) is -0.283. The van der Waals surface area contributed by atoms with Crippen molar-refractivity contribution in [1.29, 1.82) is 0 Å². The van der Waals surface area contributed by atoms with E-state index < -0.39 is 6.23 Å². The topological polar surface area (TPSA) is 52.3 Å². The standard InChI is InChI=1S/C15H31NO2/c1-3-4-5-6-7-8-9-10-11-12-13-15(16)18-14(2)17/h15H,3-13,16H2,1-2H3. The molecule has 1 unspecified atom stereocenters. The first kappa shape index (κ1) is 17.4. The number of nitrogens with two attached hydrogens (primary N) is 1. The van der Waals surface area contributed by atoms with Gasteiger partial charge in [-0.15, -0.1) is 0 Å². The van der Waals surface area contributed by atoms with Gasteiger partial charge in [0.2, 0.25) is 0 Å². The van der Waals surface area contributed by atoms with Crippen molar-refractivity contribution in [2.75, 3.05) is 0 Å². The zero-order valence-corrected chi connectivity index (χ0v) is 12.2. The first-order valence-corrected chi connectivity index (χ1v) is 7.59. The molecule has 1 atom stereocenters. The molecule has 0 aliphatic carbocycles. The van der Waals surface area contributed by atoms with Gasteiger partial charge >= 0.3 is 5.97 Å². The van der Waals surface area contributed by atoms with Crippen molar-refractivity contribution in [3.63, 3.8) is 0 Å². The van der Waals surface area contributed by atoms with Gasteiger partial charge in [-0.1, -0.05) is 64.7 Å². The fraction of sp³-hybridized carbons (Fsp3) is 0.933. The predicted molar refractivity (Wildman–Crippen MR) is 76.2 cm³/mol. The summed E-state index contributed by atoms with van der Waals surface area (Å²) in [5, 5.41) is 0. The lowest BCUT2D eigenvalue weighted by atomic mass is 10.1. The zero-order valence-electron chi connectivity index (χ0n) is 12.2. The lowest BCUT2D eigenvalue weighted by Crippen LogP contribution is -2.25. The minimum Gasteiger partial charge on any atom is -0.447 e. The van der Waals surface area contributed by atoms with Gasteiger partial charge < -0.3 is 4.74 Å². The number of carbonyl (C=O) groups is 1. The van der Waals surface area contributed by atoms with Crippen molar-refractivity contribution in [2.45, 2.75) is 90.7 Å². The highest BCUT2D eigenvalue weighted by Gasteiger charge is 2.04. The first-order chi connectivity index (χ1) is 8.66. The highest BCUT2D eigenvalue weighted by atomic mass is 16.5. The van der Waals surface area contributed by atoms with Crippen LogP contribution >= 0.6 is 0 Å². The van der Waals surface area contributed by atoms with Crippen LogP contribution < -0.4 is 5.73 Å². The third-order valence-corrected chi connectivity index (χ3v) is 3.16. The minimum atomic E-state index is -0.406. The van der Waals surface area contributed by atoms with E-state index in [0.29, 0.717) is 0 Å². The van der Waals surface area contributed by atoms with Crippen molar-refractivity contribution in [3.05, 3.63) is 0 Å². The van der Waals surface area contributed by atoms with Crippen molar-refractivity contribution < 1.29 is 9.53 Å². The molecule has 0 heterocycles. The van der Waals surface area contributed by atoms with Gasteiger partial charge in [-0.2, -0.15) is 0 Å². The van der Waals surface area contributed by atoms with Crippen LogP contribution in [-0.2, 0) is 9.53 Å². The largest absolute Gasteiger partial charge is 0.447 e. The second-order valence-corrected chi connectivity index (χ2v) is 5.12. The second-order valence-electron chi connectivity index (χ2n) is 5.12. The molecule has 0 saturated carbocycles. The number of esters is 1. The van der Waals surface area contributed by atoms with Crippen LogP contribution in [0.4, 0.5) is 0 Å². The second kappa shape index (κ2) is 12.9. The molecule has 3 heteroatoms. The minimum absolute atomic E-state index is 0.283. The fourth-order valence-corrected chi connectivity index (χ4v) is 2.11. The fourth-order valence-electron chi connectivity index (χ4n) is 2.11.